The Morgan fingerprint density at radius 1 is 1.03 bits per heavy atom. The van der Waals surface area contributed by atoms with Gasteiger partial charge in [0, 0.05) is 24.2 Å². The highest BCUT2D eigenvalue weighted by Crippen LogP contribution is 2.40. The molecule has 31 heavy (non-hydrogen) atoms. The molecular weight excluding hydrogens is 386 g/mol. The lowest BCUT2D eigenvalue weighted by Gasteiger charge is -2.29. The van der Waals surface area contributed by atoms with Gasteiger partial charge in [-0.25, -0.2) is 9.97 Å². The summed E-state index contributed by atoms with van der Waals surface area (Å²) >= 11 is 0. The van der Waals surface area contributed by atoms with Crippen LogP contribution in [0.5, 0.6) is 5.75 Å². The van der Waals surface area contributed by atoms with E-state index in [9.17, 15) is 0 Å². The Labute approximate surface area is 184 Å². The van der Waals surface area contributed by atoms with E-state index in [1.165, 1.54) is 49.7 Å². The zero-order valence-electron chi connectivity index (χ0n) is 18.4. The molecule has 3 aromatic rings. The molecule has 1 N–H and O–H groups in total. The number of oxazole rings is 1. The van der Waals surface area contributed by atoms with Crippen molar-refractivity contribution in [2.24, 2.45) is 5.92 Å². The van der Waals surface area contributed by atoms with Gasteiger partial charge < -0.3 is 14.5 Å². The average molecular weight is 418 g/mol. The molecule has 0 unspecified atom stereocenters. The smallest absolute Gasteiger partial charge is 0.197 e. The van der Waals surface area contributed by atoms with E-state index in [4.69, 9.17) is 9.15 Å². The van der Waals surface area contributed by atoms with Gasteiger partial charge in [-0.2, -0.15) is 0 Å². The highest BCUT2D eigenvalue weighted by Gasteiger charge is 2.28. The second-order valence-electron chi connectivity index (χ2n) is 9.10. The van der Waals surface area contributed by atoms with Gasteiger partial charge in [0.25, 0.3) is 0 Å². The Kier molecular flexibility index (Phi) is 5.66. The lowest BCUT2D eigenvalue weighted by Crippen LogP contribution is -2.21. The number of methoxy groups -OCH3 is 1. The molecule has 5 heteroatoms. The highest BCUT2D eigenvalue weighted by atomic mass is 16.5. The first-order valence-electron chi connectivity index (χ1n) is 11.5. The zero-order valence-corrected chi connectivity index (χ0v) is 18.4. The van der Waals surface area contributed by atoms with Gasteiger partial charge >= 0.3 is 0 Å². The number of hydrogen-bond acceptors (Lipinski definition) is 5. The molecule has 0 amide bonds. The van der Waals surface area contributed by atoms with E-state index in [1.54, 1.807) is 13.4 Å². The van der Waals surface area contributed by atoms with Crippen LogP contribution in [0.25, 0.3) is 11.3 Å². The fourth-order valence-corrected chi connectivity index (χ4v) is 4.73. The molecule has 2 heterocycles. The van der Waals surface area contributed by atoms with Crippen LogP contribution in [0.2, 0.25) is 0 Å². The average Bonchev–Trinajstić information content (AvgIpc) is 3.54. The molecule has 2 aromatic heterocycles. The van der Waals surface area contributed by atoms with E-state index in [2.05, 4.69) is 46.5 Å². The second kappa shape index (κ2) is 8.74. The van der Waals surface area contributed by atoms with Gasteiger partial charge in [0.1, 0.15) is 23.5 Å². The van der Waals surface area contributed by atoms with Crippen LogP contribution in [-0.2, 0) is 0 Å². The standard InChI is InChI=1S/C26H31N3O2/c1-17-13-21(9-10-24(17)30-2)19-5-3-18(4-6-19)15-28-25-14-22(11-12-27-25)23-16-31-26(29-23)20-7-8-20/h9-14,16,18-20H,3-8,15H2,1-2H3,(H,27,28)/t18-,19-. The van der Waals surface area contributed by atoms with Gasteiger partial charge in [-0.1, -0.05) is 12.1 Å². The van der Waals surface area contributed by atoms with Crippen LogP contribution in [-0.4, -0.2) is 23.6 Å². The van der Waals surface area contributed by atoms with E-state index in [1.807, 2.05) is 12.3 Å². The Morgan fingerprint density at radius 2 is 1.84 bits per heavy atom. The molecule has 5 nitrogen and oxygen atoms in total. The highest BCUT2D eigenvalue weighted by molar-refractivity contribution is 5.61. The first-order valence-corrected chi connectivity index (χ1v) is 11.5. The Hall–Kier alpha value is -2.82. The Morgan fingerprint density at radius 3 is 2.58 bits per heavy atom. The number of benzene rings is 1. The van der Waals surface area contributed by atoms with Gasteiger partial charge in [-0.15, -0.1) is 0 Å². The van der Waals surface area contributed by atoms with Crippen LogP contribution in [0.3, 0.4) is 0 Å². The predicted molar refractivity (Wildman–Crippen MR) is 123 cm³/mol. The number of anilines is 1. The third-order valence-corrected chi connectivity index (χ3v) is 6.81. The lowest BCUT2D eigenvalue weighted by atomic mass is 9.78. The fourth-order valence-electron chi connectivity index (χ4n) is 4.73. The molecule has 1 aromatic carbocycles. The quantitative estimate of drug-likeness (QED) is 0.488. The minimum atomic E-state index is 0.533. The van der Waals surface area contributed by atoms with Crippen molar-refractivity contribution in [3.8, 4) is 17.0 Å². The third-order valence-electron chi connectivity index (χ3n) is 6.81. The number of ether oxygens (including phenoxy) is 1. The van der Waals surface area contributed by atoms with Gasteiger partial charge in [0.05, 0.1) is 7.11 Å². The summed E-state index contributed by atoms with van der Waals surface area (Å²) < 4.78 is 11.1. The summed E-state index contributed by atoms with van der Waals surface area (Å²) in [5, 5.41) is 3.56. The molecule has 2 aliphatic carbocycles. The van der Waals surface area contributed by atoms with E-state index >= 15 is 0 Å². The second-order valence-corrected chi connectivity index (χ2v) is 9.10. The van der Waals surface area contributed by atoms with Crippen LogP contribution in [0.15, 0.2) is 47.2 Å². The largest absolute Gasteiger partial charge is 0.496 e. The Bertz CT molecular complexity index is 1030. The zero-order chi connectivity index (χ0) is 21.2. The molecule has 0 saturated heterocycles. The minimum absolute atomic E-state index is 0.533. The lowest BCUT2D eigenvalue weighted by molar-refractivity contribution is 0.338. The summed E-state index contributed by atoms with van der Waals surface area (Å²) in [5.74, 6) is 4.66. The van der Waals surface area contributed by atoms with E-state index < -0.39 is 0 Å². The first-order chi connectivity index (χ1) is 15.2. The van der Waals surface area contributed by atoms with Crippen LogP contribution in [0.1, 0.15) is 67.4 Å². The molecule has 5 rings (SSSR count). The van der Waals surface area contributed by atoms with Crippen molar-refractivity contribution < 1.29 is 9.15 Å². The van der Waals surface area contributed by atoms with Crippen molar-refractivity contribution in [2.45, 2.75) is 57.3 Å². The molecular formula is C26H31N3O2. The molecule has 2 aliphatic rings. The van der Waals surface area contributed by atoms with Crippen LogP contribution < -0.4 is 10.1 Å². The van der Waals surface area contributed by atoms with Gasteiger partial charge in [0.15, 0.2) is 5.89 Å². The fraction of sp³-hybridized carbons (Fsp3) is 0.462. The molecule has 0 bridgehead atoms. The number of nitrogens with one attached hydrogen (secondary N) is 1. The van der Waals surface area contributed by atoms with Crippen molar-refractivity contribution in [2.75, 3.05) is 19.0 Å². The maximum absolute atomic E-state index is 5.65. The molecule has 0 aliphatic heterocycles. The monoisotopic (exact) mass is 417 g/mol. The summed E-state index contributed by atoms with van der Waals surface area (Å²) in [6, 6.07) is 10.7. The topological polar surface area (TPSA) is 60.2 Å². The van der Waals surface area contributed by atoms with Crippen LogP contribution in [0.4, 0.5) is 5.82 Å². The number of aromatic nitrogens is 2. The molecule has 0 radical (unpaired) electrons. The van der Waals surface area contributed by atoms with Crippen molar-refractivity contribution in [1.82, 2.24) is 9.97 Å². The summed E-state index contributed by atoms with van der Waals surface area (Å²) in [6.45, 7) is 3.10. The Balaban J connectivity index is 1.15. The summed E-state index contributed by atoms with van der Waals surface area (Å²) in [4.78, 5) is 9.17. The third kappa shape index (κ3) is 4.60. The van der Waals surface area contributed by atoms with Crippen LogP contribution >= 0.6 is 0 Å². The predicted octanol–water partition coefficient (Wildman–Crippen LogP) is 6.32. The molecule has 162 valence electrons. The van der Waals surface area contributed by atoms with Crippen molar-refractivity contribution in [3.05, 3.63) is 59.8 Å². The summed E-state index contributed by atoms with van der Waals surface area (Å²) in [6.07, 6.45) is 11.0. The number of hydrogen-bond donors (Lipinski definition) is 1. The maximum atomic E-state index is 5.65. The first kappa shape index (κ1) is 20.1. The summed E-state index contributed by atoms with van der Waals surface area (Å²) in [7, 11) is 1.74. The maximum Gasteiger partial charge on any atom is 0.197 e. The van der Waals surface area contributed by atoms with E-state index in [0.717, 1.165) is 35.3 Å². The van der Waals surface area contributed by atoms with Crippen LogP contribution in [0, 0.1) is 12.8 Å². The van der Waals surface area contributed by atoms with Gasteiger partial charge in [-0.3, -0.25) is 0 Å². The number of rotatable bonds is 7. The number of pyridine rings is 1. The van der Waals surface area contributed by atoms with Crippen molar-refractivity contribution in [1.29, 1.82) is 0 Å². The van der Waals surface area contributed by atoms with E-state index in [-0.39, 0.29) is 0 Å². The molecule has 0 atom stereocenters. The number of aryl methyl sites for hydroxylation is 1. The van der Waals surface area contributed by atoms with E-state index in [0.29, 0.717) is 17.8 Å². The van der Waals surface area contributed by atoms with Crippen molar-refractivity contribution >= 4 is 5.82 Å². The van der Waals surface area contributed by atoms with Crippen molar-refractivity contribution in [3.63, 3.8) is 0 Å². The molecule has 0 spiro atoms. The van der Waals surface area contributed by atoms with Gasteiger partial charge in [0.2, 0.25) is 0 Å². The SMILES string of the molecule is COc1ccc([C@H]2CC[C@H](CNc3cc(-c4coc(C5CC5)n4)ccn3)CC2)cc1C. The normalized spacial score (nSPS) is 21.1. The summed E-state index contributed by atoms with van der Waals surface area (Å²) in [5.41, 5.74) is 4.65. The van der Waals surface area contributed by atoms with Gasteiger partial charge in [-0.05, 0) is 86.6 Å². The molecule has 2 fully saturated rings. The molecule has 2 saturated carbocycles. The number of nitrogens with zero attached hydrogens (tertiary/aromatic N) is 2. The minimum Gasteiger partial charge on any atom is -0.496 e.